The van der Waals surface area contributed by atoms with E-state index in [1.165, 1.54) is 0 Å². The lowest BCUT2D eigenvalue weighted by atomic mass is 10.2. The summed E-state index contributed by atoms with van der Waals surface area (Å²) in [7, 11) is 0. The molecule has 2 aromatic rings. The Balaban J connectivity index is 2.06. The van der Waals surface area contributed by atoms with Crippen LogP contribution in [0.4, 0.5) is 0 Å². The predicted octanol–water partition coefficient (Wildman–Crippen LogP) is 3.64. The van der Waals surface area contributed by atoms with Crippen molar-refractivity contribution in [2.75, 3.05) is 0 Å². The summed E-state index contributed by atoms with van der Waals surface area (Å²) in [6.07, 6.45) is 3.53. The minimum absolute atomic E-state index is 0.482. The molecule has 0 spiro atoms. The highest BCUT2D eigenvalue weighted by Crippen LogP contribution is 2.23. The van der Waals surface area contributed by atoms with Gasteiger partial charge in [0.25, 0.3) is 0 Å². The molecule has 0 aliphatic heterocycles. The summed E-state index contributed by atoms with van der Waals surface area (Å²) in [5, 5.41) is 0. The summed E-state index contributed by atoms with van der Waals surface area (Å²) < 4.78 is 7.66. The average molecular weight is 372 g/mol. The minimum Gasteiger partial charge on any atom is -0.489 e. The van der Waals surface area contributed by atoms with Crippen LogP contribution >= 0.6 is 31.9 Å². The molecule has 1 aromatic heterocycles. The first kappa shape index (κ1) is 13.5. The van der Waals surface area contributed by atoms with Crippen molar-refractivity contribution in [2.45, 2.75) is 13.2 Å². The van der Waals surface area contributed by atoms with E-state index in [0.717, 1.165) is 25.8 Å². The molecule has 3 nitrogen and oxygen atoms in total. The zero-order chi connectivity index (χ0) is 13.0. The van der Waals surface area contributed by atoms with Crippen molar-refractivity contribution in [3.05, 3.63) is 56.7 Å². The molecule has 0 unspecified atom stereocenters. The fourth-order valence-electron chi connectivity index (χ4n) is 1.50. The normalized spacial score (nSPS) is 10.4. The maximum atomic E-state index is 5.71. The third-order valence-electron chi connectivity index (χ3n) is 2.40. The summed E-state index contributed by atoms with van der Waals surface area (Å²) in [6, 6.07) is 7.77. The number of pyridine rings is 1. The number of halogens is 2. The summed E-state index contributed by atoms with van der Waals surface area (Å²) in [5.74, 6) is 0.804. The van der Waals surface area contributed by atoms with E-state index in [1.807, 2.05) is 24.3 Å². The Kier molecular flexibility index (Phi) is 4.74. The van der Waals surface area contributed by atoms with E-state index in [4.69, 9.17) is 10.5 Å². The van der Waals surface area contributed by atoms with Gasteiger partial charge in [0, 0.05) is 33.4 Å². The number of hydrogen-bond donors (Lipinski definition) is 1. The first-order valence-electron chi connectivity index (χ1n) is 5.40. The van der Waals surface area contributed by atoms with E-state index in [0.29, 0.717) is 13.2 Å². The number of rotatable bonds is 4. The number of nitrogens with two attached hydrogens (primary N) is 1. The molecule has 18 heavy (non-hydrogen) atoms. The Hall–Kier alpha value is -0.910. The van der Waals surface area contributed by atoms with Crippen LogP contribution in [0.2, 0.25) is 0 Å². The molecular weight excluding hydrogens is 360 g/mol. The highest BCUT2D eigenvalue weighted by atomic mass is 79.9. The van der Waals surface area contributed by atoms with Gasteiger partial charge < -0.3 is 10.5 Å². The Morgan fingerprint density at radius 2 is 2.00 bits per heavy atom. The molecule has 0 saturated heterocycles. The van der Waals surface area contributed by atoms with Crippen molar-refractivity contribution < 1.29 is 4.74 Å². The van der Waals surface area contributed by atoms with E-state index >= 15 is 0 Å². The number of ether oxygens (including phenoxy) is 1. The molecule has 0 fully saturated rings. The van der Waals surface area contributed by atoms with Gasteiger partial charge in [0.15, 0.2) is 0 Å². The molecule has 0 radical (unpaired) electrons. The van der Waals surface area contributed by atoms with Gasteiger partial charge in [-0.3, -0.25) is 4.98 Å². The summed E-state index contributed by atoms with van der Waals surface area (Å²) >= 11 is 6.82. The maximum absolute atomic E-state index is 5.71. The molecule has 0 aliphatic rings. The average Bonchev–Trinajstić information content (AvgIpc) is 2.38. The highest BCUT2D eigenvalue weighted by Gasteiger charge is 2.02. The lowest BCUT2D eigenvalue weighted by molar-refractivity contribution is 0.305. The number of nitrogens with zero attached hydrogens (tertiary/aromatic N) is 1. The van der Waals surface area contributed by atoms with E-state index in [-0.39, 0.29) is 0 Å². The fourth-order valence-corrected chi connectivity index (χ4v) is 2.32. The highest BCUT2D eigenvalue weighted by molar-refractivity contribution is 9.10. The molecule has 0 aliphatic carbocycles. The van der Waals surface area contributed by atoms with Gasteiger partial charge in [-0.2, -0.15) is 0 Å². The molecule has 94 valence electrons. The minimum atomic E-state index is 0.482. The van der Waals surface area contributed by atoms with E-state index < -0.39 is 0 Å². The van der Waals surface area contributed by atoms with Crippen LogP contribution in [-0.2, 0) is 13.2 Å². The molecule has 0 saturated carbocycles. The largest absolute Gasteiger partial charge is 0.489 e. The van der Waals surface area contributed by atoms with Gasteiger partial charge in [0.1, 0.15) is 12.4 Å². The van der Waals surface area contributed by atoms with Crippen LogP contribution in [0.5, 0.6) is 5.75 Å². The van der Waals surface area contributed by atoms with Crippen LogP contribution in [0, 0.1) is 0 Å². The van der Waals surface area contributed by atoms with Crippen LogP contribution in [0.1, 0.15) is 11.1 Å². The van der Waals surface area contributed by atoms with E-state index in [9.17, 15) is 0 Å². The molecule has 0 bridgehead atoms. The Morgan fingerprint density at radius 1 is 1.17 bits per heavy atom. The Labute approximate surface area is 123 Å². The quantitative estimate of drug-likeness (QED) is 0.892. The van der Waals surface area contributed by atoms with Gasteiger partial charge in [-0.1, -0.05) is 15.9 Å². The zero-order valence-corrected chi connectivity index (χ0v) is 12.7. The summed E-state index contributed by atoms with van der Waals surface area (Å²) in [5.41, 5.74) is 7.69. The zero-order valence-electron chi connectivity index (χ0n) is 9.57. The second kappa shape index (κ2) is 6.31. The standard InChI is InChI=1S/C13H12Br2N2O/c14-11-3-9(6-17-7-11)8-18-12-1-2-13(15)10(4-12)5-16/h1-4,6-7H,5,8,16H2. The molecule has 1 heterocycles. The van der Waals surface area contributed by atoms with Crippen molar-refractivity contribution >= 4 is 31.9 Å². The van der Waals surface area contributed by atoms with Gasteiger partial charge >= 0.3 is 0 Å². The predicted molar refractivity (Wildman–Crippen MR) is 78.3 cm³/mol. The maximum Gasteiger partial charge on any atom is 0.120 e. The molecule has 1 aromatic carbocycles. The second-order valence-electron chi connectivity index (χ2n) is 3.76. The van der Waals surface area contributed by atoms with Crippen molar-refractivity contribution in [3.8, 4) is 5.75 Å². The smallest absolute Gasteiger partial charge is 0.120 e. The summed E-state index contributed by atoms with van der Waals surface area (Å²) in [6.45, 7) is 0.967. The van der Waals surface area contributed by atoms with Crippen molar-refractivity contribution in [1.29, 1.82) is 0 Å². The van der Waals surface area contributed by atoms with Gasteiger partial charge in [-0.15, -0.1) is 0 Å². The topological polar surface area (TPSA) is 48.1 Å². The molecule has 0 atom stereocenters. The second-order valence-corrected chi connectivity index (χ2v) is 5.53. The van der Waals surface area contributed by atoms with Crippen LogP contribution in [0.15, 0.2) is 45.6 Å². The van der Waals surface area contributed by atoms with Gasteiger partial charge in [0.2, 0.25) is 0 Å². The van der Waals surface area contributed by atoms with Crippen molar-refractivity contribution in [2.24, 2.45) is 5.73 Å². The molecule has 0 amide bonds. The van der Waals surface area contributed by atoms with Crippen LogP contribution in [0.3, 0.4) is 0 Å². The first-order valence-corrected chi connectivity index (χ1v) is 6.98. The van der Waals surface area contributed by atoms with Crippen molar-refractivity contribution in [3.63, 3.8) is 0 Å². The first-order chi connectivity index (χ1) is 8.69. The molecule has 2 rings (SSSR count). The number of aromatic nitrogens is 1. The Morgan fingerprint density at radius 3 is 2.72 bits per heavy atom. The SMILES string of the molecule is NCc1cc(OCc2cncc(Br)c2)ccc1Br. The van der Waals surface area contributed by atoms with Gasteiger partial charge in [0.05, 0.1) is 0 Å². The number of hydrogen-bond acceptors (Lipinski definition) is 3. The van der Waals surface area contributed by atoms with Crippen LogP contribution < -0.4 is 10.5 Å². The monoisotopic (exact) mass is 370 g/mol. The molecule has 2 N–H and O–H groups in total. The third-order valence-corrected chi connectivity index (χ3v) is 3.61. The van der Waals surface area contributed by atoms with Crippen LogP contribution in [-0.4, -0.2) is 4.98 Å². The lowest BCUT2D eigenvalue weighted by Crippen LogP contribution is -2.00. The fraction of sp³-hybridized carbons (Fsp3) is 0.154. The molecule has 5 heteroatoms. The summed E-state index contributed by atoms with van der Waals surface area (Å²) in [4.78, 5) is 4.09. The van der Waals surface area contributed by atoms with E-state index in [1.54, 1.807) is 12.4 Å². The van der Waals surface area contributed by atoms with Gasteiger partial charge in [-0.25, -0.2) is 0 Å². The third kappa shape index (κ3) is 3.54. The van der Waals surface area contributed by atoms with Crippen molar-refractivity contribution in [1.82, 2.24) is 4.98 Å². The molecular formula is C13H12Br2N2O. The lowest BCUT2D eigenvalue weighted by Gasteiger charge is -2.09. The van der Waals surface area contributed by atoms with E-state index in [2.05, 4.69) is 36.8 Å². The van der Waals surface area contributed by atoms with Gasteiger partial charge in [-0.05, 0) is 45.8 Å². The Bertz CT molecular complexity index is 546. The van der Waals surface area contributed by atoms with Crippen LogP contribution in [0.25, 0.3) is 0 Å². The number of benzene rings is 1.